The molecule has 11 nitrogen and oxygen atoms in total. The van der Waals surface area contributed by atoms with Crippen molar-refractivity contribution in [2.45, 2.75) is 26.8 Å². The summed E-state index contributed by atoms with van der Waals surface area (Å²) >= 11 is 5.92. The molecule has 0 unspecified atom stereocenters. The third-order valence-electron chi connectivity index (χ3n) is 6.86. The summed E-state index contributed by atoms with van der Waals surface area (Å²) < 4.78 is 1.59. The molecule has 0 aliphatic carbocycles. The molecule has 12 heteroatoms. The molecule has 1 aromatic carbocycles. The van der Waals surface area contributed by atoms with Gasteiger partial charge in [0.05, 0.1) is 22.6 Å². The quantitative estimate of drug-likeness (QED) is 0.345. The van der Waals surface area contributed by atoms with E-state index in [1.54, 1.807) is 23.9 Å². The van der Waals surface area contributed by atoms with E-state index in [0.29, 0.717) is 54.7 Å². The summed E-state index contributed by atoms with van der Waals surface area (Å²) in [5, 5.41) is 13.4. The van der Waals surface area contributed by atoms with Crippen molar-refractivity contribution in [3.8, 4) is 0 Å². The molecule has 1 saturated heterocycles. The van der Waals surface area contributed by atoms with E-state index in [1.807, 2.05) is 39.0 Å². The Balaban J connectivity index is 1.49. The molecular weight excluding hydrogens is 520 g/mol. The molecule has 1 aliphatic heterocycles. The fourth-order valence-electron chi connectivity index (χ4n) is 4.87. The second-order valence-electron chi connectivity index (χ2n) is 9.70. The molecule has 1 fully saturated rings. The van der Waals surface area contributed by atoms with E-state index in [9.17, 15) is 14.7 Å². The molecule has 1 aliphatic rings. The molecule has 1 atom stereocenters. The fourth-order valence-corrected chi connectivity index (χ4v) is 5.02. The Morgan fingerprint density at radius 2 is 1.77 bits per heavy atom. The fraction of sp³-hybridized carbons (Fsp3) is 0.333. The third kappa shape index (κ3) is 5.22. The number of nitrogens with one attached hydrogen (secondary N) is 1. The number of benzene rings is 1. The summed E-state index contributed by atoms with van der Waals surface area (Å²) in [5.74, 6) is 0.0878. The van der Waals surface area contributed by atoms with Crippen LogP contribution in [0.15, 0.2) is 41.3 Å². The van der Waals surface area contributed by atoms with Gasteiger partial charge in [-0.05, 0) is 50.6 Å². The van der Waals surface area contributed by atoms with Gasteiger partial charge in [0.1, 0.15) is 5.15 Å². The molecule has 0 saturated carbocycles. The predicted octanol–water partition coefficient (Wildman–Crippen LogP) is 3.59. The number of carboxylic acid groups (broad SMARTS) is 1. The van der Waals surface area contributed by atoms with E-state index in [-0.39, 0.29) is 22.4 Å². The lowest BCUT2D eigenvalue weighted by molar-refractivity contribution is 0.0691. The molecule has 0 amide bonds. The van der Waals surface area contributed by atoms with Gasteiger partial charge in [-0.2, -0.15) is 0 Å². The Morgan fingerprint density at radius 3 is 2.46 bits per heavy atom. The van der Waals surface area contributed by atoms with Crippen molar-refractivity contribution in [3.05, 3.63) is 74.6 Å². The Hall–Kier alpha value is -4.25. The number of aryl methyl sites for hydroxylation is 2. The number of hydrogen-bond acceptors (Lipinski definition) is 9. The number of anilines is 3. The normalized spacial score (nSPS) is 14.5. The van der Waals surface area contributed by atoms with E-state index >= 15 is 0 Å². The molecule has 4 aromatic rings. The molecule has 4 heterocycles. The zero-order valence-electron chi connectivity index (χ0n) is 22.1. The van der Waals surface area contributed by atoms with Gasteiger partial charge in [0.2, 0.25) is 11.9 Å². The van der Waals surface area contributed by atoms with Crippen molar-refractivity contribution in [1.82, 2.24) is 24.5 Å². The van der Waals surface area contributed by atoms with Crippen LogP contribution in [0.5, 0.6) is 0 Å². The molecule has 3 aromatic heterocycles. The highest BCUT2D eigenvalue weighted by Gasteiger charge is 2.25. The largest absolute Gasteiger partial charge is 0.476 e. The number of fused-ring (bicyclic) bond motifs is 1. The van der Waals surface area contributed by atoms with Gasteiger partial charge >= 0.3 is 5.97 Å². The summed E-state index contributed by atoms with van der Waals surface area (Å²) in [6.45, 7) is 8.44. The number of carbonyl (C=O) groups is 1. The van der Waals surface area contributed by atoms with Crippen LogP contribution >= 0.6 is 11.6 Å². The molecule has 2 N–H and O–H groups in total. The number of aromatic carboxylic acids is 1. The highest BCUT2D eigenvalue weighted by Crippen LogP contribution is 2.29. The maximum Gasteiger partial charge on any atom is 0.356 e. The first-order chi connectivity index (χ1) is 18.6. The lowest BCUT2D eigenvalue weighted by Crippen LogP contribution is -2.48. The van der Waals surface area contributed by atoms with Crippen molar-refractivity contribution in [2.75, 3.05) is 41.3 Å². The second kappa shape index (κ2) is 10.5. The SMILES string of the molecule is Cc1cc([C@@H](C)Nc2ccc(Cl)nc2C(=O)O)c2nc(N3CCN(c4nccc(C)n4)CC3)n(C)c(=O)c2c1. The average molecular weight is 549 g/mol. The van der Waals surface area contributed by atoms with E-state index < -0.39 is 5.97 Å². The van der Waals surface area contributed by atoms with Gasteiger partial charge in [0, 0.05) is 50.7 Å². The van der Waals surface area contributed by atoms with E-state index in [0.717, 1.165) is 16.8 Å². The van der Waals surface area contributed by atoms with Gasteiger partial charge in [0.25, 0.3) is 5.56 Å². The lowest BCUT2D eigenvalue weighted by atomic mass is 10.0. The topological polar surface area (TPSA) is 129 Å². The first-order valence-corrected chi connectivity index (χ1v) is 13.0. The highest BCUT2D eigenvalue weighted by molar-refractivity contribution is 6.29. The van der Waals surface area contributed by atoms with Crippen molar-refractivity contribution < 1.29 is 9.90 Å². The number of hydrogen-bond donors (Lipinski definition) is 2. The summed E-state index contributed by atoms with van der Waals surface area (Å²) in [5.41, 5.74) is 3.17. The average Bonchev–Trinajstić information content (AvgIpc) is 2.91. The summed E-state index contributed by atoms with van der Waals surface area (Å²) in [6, 6.07) is 8.41. The Labute approximate surface area is 230 Å². The molecule has 0 spiro atoms. The number of aromatic nitrogens is 5. The van der Waals surface area contributed by atoms with Gasteiger partial charge in [-0.1, -0.05) is 17.7 Å². The number of piperazine rings is 1. The minimum Gasteiger partial charge on any atom is -0.476 e. The van der Waals surface area contributed by atoms with Crippen LogP contribution in [0.3, 0.4) is 0 Å². The molecule has 0 bridgehead atoms. The van der Waals surface area contributed by atoms with E-state index in [4.69, 9.17) is 16.6 Å². The van der Waals surface area contributed by atoms with Crippen molar-refractivity contribution in [1.29, 1.82) is 0 Å². The van der Waals surface area contributed by atoms with E-state index in [2.05, 4.69) is 30.1 Å². The predicted molar refractivity (Wildman–Crippen MR) is 151 cm³/mol. The van der Waals surface area contributed by atoms with Crippen molar-refractivity contribution >= 4 is 46.1 Å². The van der Waals surface area contributed by atoms with Gasteiger partial charge in [-0.25, -0.2) is 24.7 Å². The smallest absolute Gasteiger partial charge is 0.356 e. The van der Waals surface area contributed by atoms with Crippen molar-refractivity contribution in [2.24, 2.45) is 7.05 Å². The van der Waals surface area contributed by atoms with E-state index in [1.165, 1.54) is 6.07 Å². The van der Waals surface area contributed by atoms with Gasteiger partial charge in [-0.15, -0.1) is 0 Å². The van der Waals surface area contributed by atoms with Crippen LogP contribution in [0, 0.1) is 13.8 Å². The monoisotopic (exact) mass is 548 g/mol. The Morgan fingerprint density at radius 1 is 1.05 bits per heavy atom. The Kier molecular flexibility index (Phi) is 7.09. The number of rotatable bonds is 6. The zero-order chi connectivity index (χ0) is 27.8. The van der Waals surface area contributed by atoms with Gasteiger partial charge < -0.3 is 20.2 Å². The third-order valence-corrected chi connectivity index (χ3v) is 7.07. The van der Waals surface area contributed by atoms with Crippen molar-refractivity contribution in [3.63, 3.8) is 0 Å². The number of pyridine rings is 1. The van der Waals surface area contributed by atoms with Gasteiger partial charge in [0.15, 0.2) is 5.69 Å². The maximum absolute atomic E-state index is 13.5. The molecule has 202 valence electrons. The summed E-state index contributed by atoms with van der Waals surface area (Å²) in [7, 11) is 1.74. The number of halogens is 1. The first kappa shape index (κ1) is 26.4. The number of carboxylic acids is 1. The van der Waals surface area contributed by atoms with Gasteiger partial charge in [-0.3, -0.25) is 9.36 Å². The van der Waals surface area contributed by atoms with Crippen LogP contribution < -0.4 is 20.7 Å². The highest BCUT2D eigenvalue weighted by atomic mass is 35.5. The van der Waals surface area contributed by atoms with Crippen LogP contribution in [0.4, 0.5) is 17.6 Å². The molecule has 5 rings (SSSR count). The second-order valence-corrected chi connectivity index (χ2v) is 10.1. The van der Waals surface area contributed by atoms with Crippen LogP contribution in [-0.2, 0) is 7.05 Å². The van der Waals surface area contributed by atoms with Crippen LogP contribution in [0.1, 0.15) is 40.3 Å². The number of nitrogens with zero attached hydrogens (tertiary/aromatic N) is 7. The zero-order valence-corrected chi connectivity index (χ0v) is 22.9. The maximum atomic E-state index is 13.5. The Bertz CT molecular complexity index is 1630. The minimum atomic E-state index is -1.19. The standard InChI is InChI=1S/C27H29ClN8O3/c1-15-13-18(17(3)31-20-5-6-21(28)32-23(20)25(38)39)22-19(14-15)24(37)34(4)27(33-22)36-11-9-35(10-12-36)26-29-8-7-16(2)30-26/h5-8,13-14,17,31H,9-12H2,1-4H3,(H,38,39)/t17-/m1/s1. The van der Waals surface area contributed by atoms with Crippen LogP contribution in [-0.4, -0.2) is 61.8 Å². The van der Waals surface area contributed by atoms with Crippen LogP contribution in [0.2, 0.25) is 5.15 Å². The first-order valence-electron chi connectivity index (χ1n) is 12.6. The summed E-state index contributed by atoms with van der Waals surface area (Å²) in [4.78, 5) is 47.4. The molecule has 39 heavy (non-hydrogen) atoms. The molecular formula is C27H29ClN8O3. The molecule has 0 radical (unpaired) electrons. The van der Waals surface area contributed by atoms with Crippen LogP contribution in [0.25, 0.3) is 10.9 Å². The summed E-state index contributed by atoms with van der Waals surface area (Å²) in [6.07, 6.45) is 1.76. The minimum absolute atomic E-state index is 0.0930. The lowest BCUT2D eigenvalue weighted by Gasteiger charge is -2.36.